The van der Waals surface area contributed by atoms with Crippen LogP contribution in [-0.4, -0.2) is 24.3 Å². The van der Waals surface area contributed by atoms with Crippen molar-refractivity contribution < 1.29 is 14.0 Å². The maximum Gasteiger partial charge on any atom is 0.220 e. The van der Waals surface area contributed by atoms with E-state index >= 15 is 0 Å². The zero-order valence-electron chi connectivity index (χ0n) is 13.4. The van der Waals surface area contributed by atoms with Crippen LogP contribution in [0.3, 0.4) is 0 Å². The average Bonchev–Trinajstić information content (AvgIpc) is 2.59. The fourth-order valence-corrected chi connectivity index (χ4v) is 3.19. The summed E-state index contributed by atoms with van der Waals surface area (Å²) in [6.07, 6.45) is 6.13. The lowest BCUT2D eigenvalue weighted by Gasteiger charge is -2.30. The van der Waals surface area contributed by atoms with Crippen LogP contribution in [0.4, 0.5) is 4.39 Å². The molecule has 1 aromatic rings. The maximum atomic E-state index is 12.8. The van der Waals surface area contributed by atoms with Crippen LogP contribution in [0.1, 0.15) is 55.3 Å². The number of ketones is 1. The predicted molar refractivity (Wildman–Crippen MR) is 87.5 cm³/mol. The van der Waals surface area contributed by atoms with E-state index in [1.807, 2.05) is 0 Å². The van der Waals surface area contributed by atoms with Gasteiger partial charge in [-0.1, -0.05) is 19.3 Å². The second-order valence-electron chi connectivity index (χ2n) is 6.24. The topological polar surface area (TPSA) is 72.2 Å². The van der Waals surface area contributed by atoms with E-state index in [1.54, 1.807) is 0 Å². The lowest BCUT2D eigenvalue weighted by atomic mass is 9.84. The van der Waals surface area contributed by atoms with Crippen molar-refractivity contribution in [3.8, 4) is 0 Å². The highest BCUT2D eigenvalue weighted by molar-refractivity contribution is 5.97. The number of nitrogens with two attached hydrogens (primary N) is 1. The number of carbonyl (C=O) groups excluding carboxylic acids is 2. The Hall–Kier alpha value is -1.75. The minimum atomic E-state index is -0.377. The van der Waals surface area contributed by atoms with Gasteiger partial charge in [0.05, 0.1) is 0 Å². The first-order valence-corrected chi connectivity index (χ1v) is 8.38. The number of hydrogen-bond acceptors (Lipinski definition) is 3. The molecule has 1 saturated carbocycles. The molecule has 126 valence electrons. The van der Waals surface area contributed by atoms with Crippen LogP contribution in [0.15, 0.2) is 24.3 Å². The zero-order valence-corrected chi connectivity index (χ0v) is 13.4. The van der Waals surface area contributed by atoms with Crippen molar-refractivity contribution in [2.75, 3.05) is 6.54 Å². The Morgan fingerprint density at radius 3 is 2.39 bits per heavy atom. The van der Waals surface area contributed by atoms with Gasteiger partial charge >= 0.3 is 0 Å². The van der Waals surface area contributed by atoms with Crippen molar-refractivity contribution in [3.05, 3.63) is 35.6 Å². The van der Waals surface area contributed by atoms with Gasteiger partial charge in [0.2, 0.25) is 5.91 Å². The molecule has 1 amide bonds. The van der Waals surface area contributed by atoms with Gasteiger partial charge in [0.25, 0.3) is 0 Å². The van der Waals surface area contributed by atoms with Crippen LogP contribution in [-0.2, 0) is 4.79 Å². The molecule has 1 fully saturated rings. The first kappa shape index (κ1) is 17.6. The number of rotatable bonds is 7. The maximum absolute atomic E-state index is 12.8. The van der Waals surface area contributed by atoms with Crippen LogP contribution in [0.5, 0.6) is 0 Å². The molecule has 1 aliphatic carbocycles. The van der Waals surface area contributed by atoms with Gasteiger partial charge in [0, 0.05) is 31.0 Å². The first-order valence-electron chi connectivity index (χ1n) is 8.38. The molecular weight excluding hydrogens is 295 g/mol. The summed E-state index contributed by atoms with van der Waals surface area (Å²) in [6.45, 7) is 0.433. The quantitative estimate of drug-likeness (QED) is 0.759. The second-order valence-corrected chi connectivity index (χ2v) is 6.24. The highest BCUT2D eigenvalue weighted by Crippen LogP contribution is 2.26. The molecule has 1 aliphatic rings. The van der Waals surface area contributed by atoms with E-state index in [1.165, 1.54) is 43.5 Å². The monoisotopic (exact) mass is 320 g/mol. The van der Waals surface area contributed by atoms with Crippen LogP contribution in [0, 0.1) is 11.7 Å². The van der Waals surface area contributed by atoms with E-state index < -0.39 is 0 Å². The largest absolute Gasteiger partial charge is 0.352 e. The van der Waals surface area contributed by atoms with E-state index in [0.717, 1.165) is 12.8 Å². The van der Waals surface area contributed by atoms with Gasteiger partial charge in [0.15, 0.2) is 5.78 Å². The minimum Gasteiger partial charge on any atom is -0.352 e. The summed E-state index contributed by atoms with van der Waals surface area (Å²) in [5, 5.41) is 2.98. The van der Waals surface area contributed by atoms with Crippen molar-refractivity contribution in [2.45, 2.75) is 51.0 Å². The number of Topliss-reactive ketones (excluding diaryl/α,β-unsaturated/α-hetero) is 1. The zero-order chi connectivity index (χ0) is 16.7. The summed E-state index contributed by atoms with van der Waals surface area (Å²) >= 11 is 0. The summed E-state index contributed by atoms with van der Waals surface area (Å²) in [5.41, 5.74) is 6.23. The van der Waals surface area contributed by atoms with E-state index in [0.29, 0.717) is 18.0 Å². The van der Waals surface area contributed by atoms with Crippen molar-refractivity contribution in [1.29, 1.82) is 0 Å². The van der Waals surface area contributed by atoms with E-state index in [2.05, 4.69) is 5.32 Å². The molecule has 1 unspecified atom stereocenters. The standard InChI is InChI=1S/C18H25FN2O2/c19-15-8-6-14(7-9-15)17(22)10-11-18(23)21-16(12-20)13-4-2-1-3-5-13/h6-9,13,16H,1-5,10-12,20H2,(H,21,23). The van der Waals surface area contributed by atoms with Gasteiger partial charge in [-0.3, -0.25) is 9.59 Å². The molecule has 5 heteroatoms. The SMILES string of the molecule is NCC(NC(=O)CCC(=O)c1ccc(F)cc1)C1CCCCC1. The number of nitrogens with one attached hydrogen (secondary N) is 1. The second kappa shape index (κ2) is 8.77. The Morgan fingerprint density at radius 1 is 1.13 bits per heavy atom. The third kappa shape index (κ3) is 5.43. The Morgan fingerprint density at radius 2 is 1.78 bits per heavy atom. The third-order valence-electron chi connectivity index (χ3n) is 4.56. The Labute approximate surface area is 136 Å². The summed E-state index contributed by atoms with van der Waals surface area (Å²) < 4.78 is 12.8. The number of carbonyl (C=O) groups is 2. The van der Waals surface area contributed by atoms with E-state index in [-0.39, 0.29) is 36.4 Å². The minimum absolute atomic E-state index is 0.00345. The molecule has 0 radical (unpaired) electrons. The predicted octanol–water partition coefficient (Wildman–Crippen LogP) is 2.81. The average molecular weight is 320 g/mol. The van der Waals surface area contributed by atoms with E-state index in [9.17, 15) is 14.0 Å². The molecule has 0 spiro atoms. The number of halogens is 1. The molecule has 2 rings (SSSR count). The highest BCUT2D eigenvalue weighted by atomic mass is 19.1. The molecule has 1 aromatic carbocycles. The molecule has 0 saturated heterocycles. The Bertz CT molecular complexity index is 524. The fourth-order valence-electron chi connectivity index (χ4n) is 3.19. The molecule has 0 aliphatic heterocycles. The highest BCUT2D eigenvalue weighted by Gasteiger charge is 2.24. The van der Waals surface area contributed by atoms with Crippen molar-refractivity contribution in [2.24, 2.45) is 11.7 Å². The van der Waals surface area contributed by atoms with Crippen LogP contribution in [0.2, 0.25) is 0 Å². The van der Waals surface area contributed by atoms with Gasteiger partial charge in [0.1, 0.15) is 5.82 Å². The normalized spacial score (nSPS) is 16.8. The molecule has 3 N–H and O–H groups in total. The summed E-state index contributed by atoms with van der Waals surface area (Å²) in [6, 6.07) is 5.39. The van der Waals surface area contributed by atoms with Gasteiger partial charge in [-0.05, 0) is 43.0 Å². The fraction of sp³-hybridized carbons (Fsp3) is 0.556. The lowest BCUT2D eigenvalue weighted by Crippen LogP contribution is -2.45. The van der Waals surface area contributed by atoms with Crippen molar-refractivity contribution >= 4 is 11.7 Å². The van der Waals surface area contributed by atoms with Crippen LogP contribution < -0.4 is 11.1 Å². The van der Waals surface area contributed by atoms with Crippen molar-refractivity contribution in [3.63, 3.8) is 0 Å². The van der Waals surface area contributed by atoms with Gasteiger partial charge in [-0.15, -0.1) is 0 Å². The number of benzene rings is 1. The summed E-state index contributed by atoms with van der Waals surface area (Å²) in [4.78, 5) is 24.1. The molecule has 1 atom stereocenters. The molecular formula is C18H25FN2O2. The lowest BCUT2D eigenvalue weighted by molar-refractivity contribution is -0.122. The van der Waals surface area contributed by atoms with Gasteiger partial charge in [-0.2, -0.15) is 0 Å². The molecule has 0 aromatic heterocycles. The molecule has 0 heterocycles. The third-order valence-corrected chi connectivity index (χ3v) is 4.56. The smallest absolute Gasteiger partial charge is 0.220 e. The Kier molecular flexibility index (Phi) is 6.71. The molecule has 4 nitrogen and oxygen atoms in total. The van der Waals surface area contributed by atoms with Crippen LogP contribution >= 0.6 is 0 Å². The molecule has 0 bridgehead atoms. The summed E-state index contributed by atoms with van der Waals surface area (Å²) in [7, 11) is 0. The van der Waals surface area contributed by atoms with Gasteiger partial charge < -0.3 is 11.1 Å². The summed E-state index contributed by atoms with van der Waals surface area (Å²) in [5.74, 6) is -0.216. The van der Waals surface area contributed by atoms with E-state index in [4.69, 9.17) is 5.73 Å². The van der Waals surface area contributed by atoms with Crippen LogP contribution in [0.25, 0.3) is 0 Å². The first-order chi connectivity index (χ1) is 11.1. The number of amides is 1. The molecule has 23 heavy (non-hydrogen) atoms. The van der Waals surface area contributed by atoms with Gasteiger partial charge in [-0.25, -0.2) is 4.39 Å². The number of hydrogen-bond donors (Lipinski definition) is 2. The Balaban J connectivity index is 1.79. The van der Waals surface area contributed by atoms with Crippen molar-refractivity contribution in [1.82, 2.24) is 5.32 Å².